The lowest BCUT2D eigenvalue weighted by atomic mass is 9.75. The molecule has 0 amide bonds. The van der Waals surface area contributed by atoms with Crippen molar-refractivity contribution in [3.05, 3.63) is 35.4 Å². The highest BCUT2D eigenvalue weighted by Crippen LogP contribution is 2.49. The summed E-state index contributed by atoms with van der Waals surface area (Å²) < 4.78 is 32.3. The molecule has 5 atom stereocenters. The Labute approximate surface area is 142 Å². The van der Waals surface area contributed by atoms with E-state index in [0.717, 1.165) is 18.9 Å². The SMILES string of the molecule is CC(C)[C@@H]1CC[C@@H](C)C[C@@H]1OC(=O)[C@@H]1C[C@H]1c1ccc(F)c(F)c1. The Kier molecular flexibility index (Phi) is 4.93. The lowest BCUT2D eigenvalue weighted by molar-refractivity contribution is -0.157. The molecule has 2 fully saturated rings. The van der Waals surface area contributed by atoms with Gasteiger partial charge in [-0.15, -0.1) is 0 Å². The normalized spacial score (nSPS) is 32.7. The average Bonchev–Trinajstić information content (AvgIpc) is 3.30. The van der Waals surface area contributed by atoms with Crippen molar-refractivity contribution in [2.45, 2.75) is 58.5 Å². The van der Waals surface area contributed by atoms with Crippen LogP contribution in [0, 0.1) is 35.3 Å². The summed E-state index contributed by atoms with van der Waals surface area (Å²) in [7, 11) is 0. The van der Waals surface area contributed by atoms with E-state index in [2.05, 4.69) is 20.8 Å². The molecule has 2 saturated carbocycles. The second kappa shape index (κ2) is 6.81. The van der Waals surface area contributed by atoms with Crippen molar-refractivity contribution in [1.29, 1.82) is 0 Å². The zero-order valence-corrected chi connectivity index (χ0v) is 14.6. The molecule has 0 spiro atoms. The van der Waals surface area contributed by atoms with Crippen LogP contribution in [0.25, 0.3) is 0 Å². The van der Waals surface area contributed by atoms with Crippen molar-refractivity contribution >= 4 is 5.97 Å². The molecule has 4 heteroatoms. The van der Waals surface area contributed by atoms with Crippen LogP contribution in [0.4, 0.5) is 8.78 Å². The van der Waals surface area contributed by atoms with E-state index in [9.17, 15) is 13.6 Å². The predicted octanol–water partition coefficient (Wildman–Crippen LogP) is 5.07. The highest BCUT2D eigenvalue weighted by molar-refractivity contribution is 5.77. The number of esters is 1. The molecule has 0 aromatic heterocycles. The molecule has 2 aliphatic carbocycles. The Hall–Kier alpha value is -1.45. The monoisotopic (exact) mass is 336 g/mol. The van der Waals surface area contributed by atoms with E-state index in [1.807, 2.05) is 0 Å². The fourth-order valence-electron chi connectivity index (χ4n) is 4.05. The van der Waals surface area contributed by atoms with Gasteiger partial charge in [-0.25, -0.2) is 8.78 Å². The summed E-state index contributed by atoms with van der Waals surface area (Å²) in [5, 5.41) is 0. The van der Waals surface area contributed by atoms with Crippen LogP contribution in [-0.4, -0.2) is 12.1 Å². The third kappa shape index (κ3) is 3.62. The van der Waals surface area contributed by atoms with E-state index >= 15 is 0 Å². The van der Waals surface area contributed by atoms with E-state index in [4.69, 9.17) is 4.74 Å². The molecule has 0 unspecified atom stereocenters. The Morgan fingerprint density at radius 1 is 1.17 bits per heavy atom. The standard InChI is InChI=1S/C20H26F2O2/c1-11(2)14-6-4-12(3)8-19(14)24-20(23)16-10-15(16)13-5-7-17(21)18(22)9-13/h5,7,9,11-12,14-16,19H,4,6,8,10H2,1-3H3/t12-,14+,15+,16-,19+/m1/s1. The zero-order valence-electron chi connectivity index (χ0n) is 14.6. The Balaban J connectivity index is 1.62. The summed E-state index contributed by atoms with van der Waals surface area (Å²) in [6.07, 6.45) is 3.88. The first-order valence-corrected chi connectivity index (χ1v) is 9.02. The van der Waals surface area contributed by atoms with Crippen molar-refractivity contribution in [2.75, 3.05) is 0 Å². The molecule has 0 aliphatic heterocycles. The Morgan fingerprint density at radius 2 is 1.92 bits per heavy atom. The van der Waals surface area contributed by atoms with Crippen LogP contribution in [0.1, 0.15) is 57.9 Å². The minimum absolute atomic E-state index is 0.00699. The number of hydrogen-bond donors (Lipinski definition) is 0. The molecule has 0 radical (unpaired) electrons. The summed E-state index contributed by atoms with van der Waals surface area (Å²) >= 11 is 0. The zero-order chi connectivity index (χ0) is 17.4. The van der Waals surface area contributed by atoms with Gasteiger partial charge in [0.05, 0.1) is 5.92 Å². The fraction of sp³-hybridized carbons (Fsp3) is 0.650. The first-order valence-electron chi connectivity index (χ1n) is 9.02. The van der Waals surface area contributed by atoms with Gasteiger partial charge in [-0.2, -0.15) is 0 Å². The Bertz CT molecular complexity index is 614. The minimum atomic E-state index is -0.854. The molecule has 2 aliphatic rings. The van der Waals surface area contributed by atoms with Gasteiger partial charge < -0.3 is 4.74 Å². The lowest BCUT2D eigenvalue weighted by Gasteiger charge is -2.36. The molecule has 3 rings (SSSR count). The van der Waals surface area contributed by atoms with Crippen LogP contribution in [0.5, 0.6) is 0 Å². The molecule has 0 heterocycles. The van der Waals surface area contributed by atoms with Gasteiger partial charge in [0, 0.05) is 0 Å². The highest BCUT2D eigenvalue weighted by atomic mass is 19.2. The predicted molar refractivity (Wildman–Crippen MR) is 88.4 cm³/mol. The maximum Gasteiger partial charge on any atom is 0.309 e. The summed E-state index contributed by atoms with van der Waals surface area (Å²) in [4.78, 5) is 12.5. The van der Waals surface area contributed by atoms with Gasteiger partial charge in [0.15, 0.2) is 11.6 Å². The summed E-state index contributed by atoms with van der Waals surface area (Å²) in [6.45, 7) is 6.57. The molecule has 2 nitrogen and oxygen atoms in total. The van der Waals surface area contributed by atoms with Gasteiger partial charge >= 0.3 is 5.97 Å². The number of rotatable bonds is 4. The molecule has 24 heavy (non-hydrogen) atoms. The van der Waals surface area contributed by atoms with Crippen molar-refractivity contribution in [2.24, 2.45) is 23.7 Å². The molecule has 0 saturated heterocycles. The van der Waals surface area contributed by atoms with Gasteiger partial charge in [-0.05, 0) is 60.6 Å². The van der Waals surface area contributed by atoms with Gasteiger partial charge in [-0.1, -0.05) is 33.3 Å². The van der Waals surface area contributed by atoms with Gasteiger partial charge in [-0.3, -0.25) is 4.79 Å². The summed E-state index contributed by atoms with van der Waals surface area (Å²) in [6, 6.07) is 3.89. The molecule has 0 N–H and O–H groups in total. The van der Waals surface area contributed by atoms with Crippen molar-refractivity contribution in [1.82, 2.24) is 0 Å². The quantitative estimate of drug-likeness (QED) is 0.717. The number of carbonyl (C=O) groups is 1. The topological polar surface area (TPSA) is 26.3 Å². The molecule has 132 valence electrons. The van der Waals surface area contributed by atoms with Crippen LogP contribution >= 0.6 is 0 Å². The Morgan fingerprint density at radius 3 is 2.58 bits per heavy atom. The van der Waals surface area contributed by atoms with Crippen LogP contribution in [0.15, 0.2) is 18.2 Å². The molecular weight excluding hydrogens is 310 g/mol. The average molecular weight is 336 g/mol. The second-order valence-corrected chi connectivity index (χ2v) is 7.92. The molecule has 0 bridgehead atoms. The first kappa shape index (κ1) is 17.4. The van der Waals surface area contributed by atoms with Crippen LogP contribution in [0.3, 0.4) is 0 Å². The fourth-order valence-corrected chi connectivity index (χ4v) is 4.05. The summed E-state index contributed by atoms with van der Waals surface area (Å²) in [5.41, 5.74) is 0.688. The van der Waals surface area contributed by atoms with E-state index in [1.165, 1.54) is 12.5 Å². The number of ether oxygens (including phenoxy) is 1. The smallest absolute Gasteiger partial charge is 0.309 e. The van der Waals surface area contributed by atoms with Crippen molar-refractivity contribution in [3.8, 4) is 0 Å². The third-order valence-electron chi connectivity index (χ3n) is 5.69. The van der Waals surface area contributed by atoms with E-state index in [-0.39, 0.29) is 23.9 Å². The number of hydrogen-bond acceptors (Lipinski definition) is 2. The van der Waals surface area contributed by atoms with Crippen LogP contribution in [0.2, 0.25) is 0 Å². The van der Waals surface area contributed by atoms with Gasteiger partial charge in [0.1, 0.15) is 6.10 Å². The van der Waals surface area contributed by atoms with Gasteiger partial charge in [0.2, 0.25) is 0 Å². The van der Waals surface area contributed by atoms with E-state index < -0.39 is 11.6 Å². The number of halogens is 2. The number of carbonyl (C=O) groups excluding carboxylic acids is 1. The van der Waals surface area contributed by atoms with E-state index in [1.54, 1.807) is 6.07 Å². The summed E-state index contributed by atoms with van der Waals surface area (Å²) in [5.74, 6) is -0.622. The van der Waals surface area contributed by atoms with Crippen molar-refractivity contribution in [3.63, 3.8) is 0 Å². The maximum absolute atomic E-state index is 13.4. The second-order valence-electron chi connectivity index (χ2n) is 7.92. The van der Waals surface area contributed by atoms with Crippen LogP contribution in [-0.2, 0) is 9.53 Å². The molecule has 1 aromatic rings. The molecule has 1 aromatic carbocycles. The van der Waals surface area contributed by atoms with Gasteiger partial charge in [0.25, 0.3) is 0 Å². The van der Waals surface area contributed by atoms with E-state index in [0.29, 0.717) is 29.7 Å². The highest BCUT2D eigenvalue weighted by Gasteiger charge is 2.47. The number of benzene rings is 1. The minimum Gasteiger partial charge on any atom is -0.462 e. The maximum atomic E-state index is 13.4. The van der Waals surface area contributed by atoms with Crippen LogP contribution < -0.4 is 0 Å². The van der Waals surface area contributed by atoms with Crippen molar-refractivity contribution < 1.29 is 18.3 Å². The largest absolute Gasteiger partial charge is 0.462 e. The molecular formula is C20H26F2O2. The third-order valence-corrected chi connectivity index (χ3v) is 5.69. The lowest BCUT2D eigenvalue weighted by Crippen LogP contribution is -2.36. The first-order chi connectivity index (χ1) is 11.4.